The standard InChI is InChI=1S/C15H13N3O3/c19-14-12(15(20)21)9-17-13-10(6-7-18(13)14)8-16-11-4-2-1-3-5-11/h1-5,8-9,16H,6-7H2,(H,20,21). The minimum absolute atomic E-state index is 0.295. The summed E-state index contributed by atoms with van der Waals surface area (Å²) in [6, 6.07) is 9.63. The predicted molar refractivity (Wildman–Crippen MR) is 78.1 cm³/mol. The number of anilines is 1. The molecule has 0 spiro atoms. The number of aromatic nitrogens is 2. The zero-order valence-corrected chi connectivity index (χ0v) is 11.1. The van der Waals surface area contributed by atoms with Crippen LogP contribution in [0.4, 0.5) is 5.69 Å². The van der Waals surface area contributed by atoms with Crippen molar-refractivity contribution in [2.75, 3.05) is 5.32 Å². The van der Waals surface area contributed by atoms with Crippen LogP contribution in [0.25, 0.3) is 5.57 Å². The first-order valence-electron chi connectivity index (χ1n) is 6.51. The lowest BCUT2D eigenvalue weighted by atomic mass is 10.2. The van der Waals surface area contributed by atoms with Gasteiger partial charge in [0.15, 0.2) is 0 Å². The lowest BCUT2D eigenvalue weighted by Crippen LogP contribution is -2.26. The first kappa shape index (κ1) is 13.1. The van der Waals surface area contributed by atoms with Gasteiger partial charge in [-0.2, -0.15) is 0 Å². The number of nitrogens with one attached hydrogen (secondary N) is 1. The van der Waals surface area contributed by atoms with Crippen molar-refractivity contribution in [1.29, 1.82) is 0 Å². The highest BCUT2D eigenvalue weighted by Crippen LogP contribution is 2.23. The van der Waals surface area contributed by atoms with Crippen molar-refractivity contribution in [3.05, 3.63) is 64.5 Å². The average molecular weight is 283 g/mol. The van der Waals surface area contributed by atoms with Gasteiger partial charge in [-0.3, -0.25) is 9.36 Å². The van der Waals surface area contributed by atoms with E-state index in [1.165, 1.54) is 4.57 Å². The number of carboxylic acids is 1. The molecule has 2 aromatic rings. The molecule has 0 saturated carbocycles. The summed E-state index contributed by atoms with van der Waals surface area (Å²) >= 11 is 0. The largest absolute Gasteiger partial charge is 0.477 e. The van der Waals surface area contributed by atoms with Crippen LogP contribution < -0.4 is 10.9 Å². The van der Waals surface area contributed by atoms with Gasteiger partial charge in [0.1, 0.15) is 11.4 Å². The van der Waals surface area contributed by atoms with Crippen molar-refractivity contribution in [3.63, 3.8) is 0 Å². The summed E-state index contributed by atoms with van der Waals surface area (Å²) in [4.78, 5) is 27.1. The van der Waals surface area contributed by atoms with E-state index in [2.05, 4.69) is 10.3 Å². The summed E-state index contributed by atoms with van der Waals surface area (Å²) in [6.07, 6.45) is 3.57. The SMILES string of the molecule is O=C(O)c1cnc2n(c1=O)CCC2=CNc1ccccc1. The fourth-order valence-electron chi connectivity index (χ4n) is 2.29. The maximum absolute atomic E-state index is 12.0. The zero-order chi connectivity index (χ0) is 14.8. The number of carboxylic acid groups (broad SMARTS) is 1. The van der Waals surface area contributed by atoms with Crippen molar-refractivity contribution in [2.24, 2.45) is 0 Å². The number of hydrogen-bond donors (Lipinski definition) is 2. The zero-order valence-electron chi connectivity index (χ0n) is 11.1. The molecule has 0 bridgehead atoms. The van der Waals surface area contributed by atoms with Crippen molar-refractivity contribution >= 4 is 17.2 Å². The van der Waals surface area contributed by atoms with Gasteiger partial charge >= 0.3 is 5.97 Å². The molecule has 1 aromatic heterocycles. The lowest BCUT2D eigenvalue weighted by Gasteiger charge is -2.04. The molecule has 0 amide bonds. The van der Waals surface area contributed by atoms with Crippen LogP contribution in [0, 0.1) is 0 Å². The van der Waals surface area contributed by atoms with Gasteiger partial charge in [-0.05, 0) is 18.6 Å². The Balaban J connectivity index is 1.93. The number of para-hydroxylation sites is 1. The van der Waals surface area contributed by atoms with Gasteiger partial charge in [0, 0.05) is 30.2 Å². The van der Waals surface area contributed by atoms with Gasteiger partial charge in [-0.25, -0.2) is 9.78 Å². The van der Waals surface area contributed by atoms with Crippen LogP contribution in [-0.2, 0) is 6.54 Å². The molecule has 1 aliphatic rings. The monoisotopic (exact) mass is 283 g/mol. The number of fused-ring (bicyclic) bond motifs is 1. The number of aromatic carboxylic acids is 1. The first-order chi connectivity index (χ1) is 10.2. The van der Waals surface area contributed by atoms with E-state index in [9.17, 15) is 9.59 Å². The normalized spacial score (nSPS) is 15.0. The highest BCUT2D eigenvalue weighted by atomic mass is 16.4. The Morgan fingerprint density at radius 2 is 2.10 bits per heavy atom. The molecular weight excluding hydrogens is 270 g/mol. The first-order valence-corrected chi connectivity index (χ1v) is 6.51. The van der Waals surface area contributed by atoms with Gasteiger partial charge in [-0.15, -0.1) is 0 Å². The lowest BCUT2D eigenvalue weighted by molar-refractivity contribution is 0.0693. The van der Waals surface area contributed by atoms with Crippen LogP contribution in [0.5, 0.6) is 0 Å². The molecule has 0 fully saturated rings. The number of hydrogen-bond acceptors (Lipinski definition) is 4. The van der Waals surface area contributed by atoms with Gasteiger partial charge in [0.2, 0.25) is 0 Å². The Kier molecular flexibility index (Phi) is 3.27. The molecule has 1 aromatic carbocycles. The molecule has 0 aliphatic carbocycles. The Morgan fingerprint density at radius 3 is 2.81 bits per heavy atom. The number of nitrogens with zero attached hydrogens (tertiary/aromatic N) is 2. The van der Waals surface area contributed by atoms with Gasteiger partial charge < -0.3 is 10.4 Å². The van der Waals surface area contributed by atoms with E-state index in [4.69, 9.17) is 5.11 Å². The quantitative estimate of drug-likeness (QED) is 0.897. The third-order valence-electron chi connectivity index (χ3n) is 3.36. The Labute approximate surface area is 120 Å². The molecule has 21 heavy (non-hydrogen) atoms. The molecule has 0 unspecified atom stereocenters. The highest BCUT2D eigenvalue weighted by Gasteiger charge is 2.22. The fraction of sp³-hybridized carbons (Fsp3) is 0.133. The second-order valence-corrected chi connectivity index (χ2v) is 4.69. The van der Waals surface area contributed by atoms with E-state index < -0.39 is 11.5 Å². The van der Waals surface area contributed by atoms with Crippen molar-refractivity contribution < 1.29 is 9.90 Å². The van der Waals surface area contributed by atoms with E-state index in [0.717, 1.165) is 17.5 Å². The molecule has 6 heteroatoms. The maximum atomic E-state index is 12.0. The van der Waals surface area contributed by atoms with Gasteiger partial charge in [0.25, 0.3) is 5.56 Å². The number of carbonyl (C=O) groups is 1. The van der Waals surface area contributed by atoms with Crippen LogP contribution in [0.2, 0.25) is 0 Å². The van der Waals surface area contributed by atoms with E-state index >= 15 is 0 Å². The minimum atomic E-state index is -1.25. The smallest absolute Gasteiger partial charge is 0.342 e. The molecule has 6 nitrogen and oxygen atoms in total. The van der Waals surface area contributed by atoms with E-state index in [1.807, 2.05) is 30.3 Å². The second kappa shape index (κ2) is 5.24. The highest BCUT2D eigenvalue weighted by molar-refractivity contribution is 5.87. The Bertz CT molecular complexity index is 778. The average Bonchev–Trinajstić information content (AvgIpc) is 2.90. The molecular formula is C15H13N3O3. The van der Waals surface area contributed by atoms with Crippen LogP contribution in [-0.4, -0.2) is 20.6 Å². The van der Waals surface area contributed by atoms with Crippen molar-refractivity contribution in [2.45, 2.75) is 13.0 Å². The Morgan fingerprint density at radius 1 is 1.33 bits per heavy atom. The minimum Gasteiger partial charge on any atom is -0.477 e. The van der Waals surface area contributed by atoms with E-state index in [1.54, 1.807) is 6.20 Å². The maximum Gasteiger partial charge on any atom is 0.342 e. The summed E-state index contributed by atoms with van der Waals surface area (Å²) in [5.74, 6) is -0.726. The summed E-state index contributed by atoms with van der Waals surface area (Å²) in [6.45, 7) is 0.449. The third kappa shape index (κ3) is 2.43. The number of allylic oxidation sites excluding steroid dienone is 1. The molecule has 106 valence electrons. The van der Waals surface area contributed by atoms with Crippen LogP contribution >= 0.6 is 0 Å². The summed E-state index contributed by atoms with van der Waals surface area (Å²) in [5.41, 5.74) is 1.02. The molecule has 0 radical (unpaired) electrons. The molecule has 2 heterocycles. The van der Waals surface area contributed by atoms with Gasteiger partial charge in [-0.1, -0.05) is 18.2 Å². The molecule has 3 rings (SSSR count). The van der Waals surface area contributed by atoms with Crippen LogP contribution in [0.15, 0.2) is 47.5 Å². The predicted octanol–water partition coefficient (Wildman–Crippen LogP) is 1.80. The number of rotatable bonds is 3. The van der Waals surface area contributed by atoms with Crippen LogP contribution in [0.3, 0.4) is 0 Å². The molecule has 2 N–H and O–H groups in total. The second-order valence-electron chi connectivity index (χ2n) is 4.69. The Hall–Kier alpha value is -2.89. The van der Waals surface area contributed by atoms with E-state index in [0.29, 0.717) is 18.8 Å². The van der Waals surface area contributed by atoms with Crippen molar-refractivity contribution in [1.82, 2.24) is 9.55 Å². The summed E-state index contributed by atoms with van der Waals surface area (Å²) < 4.78 is 1.40. The van der Waals surface area contributed by atoms with Crippen LogP contribution in [0.1, 0.15) is 22.6 Å². The summed E-state index contributed by atoms with van der Waals surface area (Å²) in [5, 5.41) is 12.1. The molecule has 0 saturated heterocycles. The van der Waals surface area contributed by atoms with E-state index in [-0.39, 0.29) is 5.56 Å². The number of benzene rings is 1. The topological polar surface area (TPSA) is 84.2 Å². The molecule has 0 atom stereocenters. The molecule has 1 aliphatic heterocycles. The summed E-state index contributed by atoms with van der Waals surface area (Å²) in [7, 11) is 0. The van der Waals surface area contributed by atoms with Crippen molar-refractivity contribution in [3.8, 4) is 0 Å². The van der Waals surface area contributed by atoms with Gasteiger partial charge in [0.05, 0.1) is 0 Å². The fourth-order valence-corrected chi connectivity index (χ4v) is 2.29. The third-order valence-corrected chi connectivity index (χ3v) is 3.36.